The van der Waals surface area contributed by atoms with E-state index in [1.165, 1.54) is 6.07 Å². The van der Waals surface area contributed by atoms with Gasteiger partial charge in [0.2, 0.25) is 0 Å². The molecular weight excluding hydrogens is 291 g/mol. The summed E-state index contributed by atoms with van der Waals surface area (Å²) in [4.78, 5) is 33.7. The average molecular weight is 303 g/mol. The lowest BCUT2D eigenvalue weighted by Crippen LogP contribution is -2.41. The van der Waals surface area contributed by atoms with Crippen molar-refractivity contribution in [2.75, 3.05) is 13.2 Å². The first-order chi connectivity index (χ1) is 9.43. The van der Waals surface area contributed by atoms with Gasteiger partial charge in [0.15, 0.2) is 6.61 Å². The van der Waals surface area contributed by atoms with Crippen LogP contribution in [0.4, 0.5) is 9.18 Å². The fourth-order valence-corrected chi connectivity index (χ4v) is 1.39. The van der Waals surface area contributed by atoms with Crippen LogP contribution in [0, 0.1) is 5.82 Å². The number of esters is 1. The maximum absolute atomic E-state index is 13.4. The van der Waals surface area contributed by atoms with E-state index in [0.717, 1.165) is 12.1 Å². The monoisotopic (exact) mass is 302 g/mol. The third-order valence-electron chi connectivity index (χ3n) is 2.08. The van der Waals surface area contributed by atoms with E-state index in [1.807, 2.05) is 5.32 Å². The number of carbonyl (C=O) groups is 3. The summed E-state index contributed by atoms with van der Waals surface area (Å²) in [5.74, 6) is -2.70. The Balaban J connectivity index is 2.51. The van der Waals surface area contributed by atoms with Crippen LogP contribution in [0.5, 0.6) is 0 Å². The highest BCUT2D eigenvalue weighted by atomic mass is 35.5. The number of hydrogen-bond donors (Lipinski definition) is 2. The molecule has 0 aliphatic heterocycles. The van der Waals surface area contributed by atoms with Gasteiger partial charge in [-0.1, -0.05) is 11.6 Å². The third-order valence-corrected chi connectivity index (χ3v) is 2.31. The normalized spacial score (nSPS) is 9.75. The number of rotatable bonds is 4. The van der Waals surface area contributed by atoms with E-state index in [1.54, 1.807) is 6.92 Å². The second-order valence-corrected chi connectivity index (χ2v) is 4.04. The molecular formula is C12H12ClFN2O4. The van der Waals surface area contributed by atoms with Gasteiger partial charge in [-0.05, 0) is 25.1 Å². The predicted molar refractivity (Wildman–Crippen MR) is 68.9 cm³/mol. The lowest BCUT2D eigenvalue weighted by Gasteiger charge is -2.06. The first kappa shape index (κ1) is 15.9. The Morgan fingerprint density at radius 1 is 1.35 bits per heavy atom. The Morgan fingerprint density at radius 3 is 2.65 bits per heavy atom. The molecule has 20 heavy (non-hydrogen) atoms. The molecule has 2 N–H and O–H groups in total. The van der Waals surface area contributed by atoms with Gasteiger partial charge in [-0.2, -0.15) is 0 Å². The Labute approximate surface area is 119 Å². The van der Waals surface area contributed by atoms with Gasteiger partial charge in [0, 0.05) is 11.6 Å². The summed E-state index contributed by atoms with van der Waals surface area (Å²) in [5.41, 5.74) is -0.347. The van der Waals surface area contributed by atoms with Crippen LogP contribution in [0.2, 0.25) is 5.02 Å². The van der Waals surface area contributed by atoms with Crippen molar-refractivity contribution in [1.29, 1.82) is 0 Å². The Hall–Kier alpha value is -2.15. The van der Waals surface area contributed by atoms with Gasteiger partial charge >= 0.3 is 12.0 Å². The molecule has 1 aromatic carbocycles. The van der Waals surface area contributed by atoms with Crippen LogP contribution in [-0.4, -0.2) is 31.1 Å². The molecule has 0 aromatic heterocycles. The number of halogens is 2. The number of benzene rings is 1. The van der Waals surface area contributed by atoms with Crippen molar-refractivity contribution in [1.82, 2.24) is 10.6 Å². The molecule has 3 amide bonds. The summed E-state index contributed by atoms with van der Waals surface area (Å²) < 4.78 is 18.0. The third kappa shape index (κ3) is 4.85. The summed E-state index contributed by atoms with van der Waals surface area (Å²) >= 11 is 5.54. The summed E-state index contributed by atoms with van der Waals surface area (Å²) in [6.07, 6.45) is 0. The summed E-state index contributed by atoms with van der Waals surface area (Å²) in [5, 5.41) is 4.39. The highest BCUT2D eigenvalue weighted by Crippen LogP contribution is 2.15. The first-order valence-electron chi connectivity index (χ1n) is 5.64. The number of amides is 3. The minimum absolute atomic E-state index is 0.132. The lowest BCUT2D eigenvalue weighted by molar-refractivity contribution is -0.123. The van der Waals surface area contributed by atoms with E-state index in [-0.39, 0.29) is 10.6 Å². The van der Waals surface area contributed by atoms with Crippen molar-refractivity contribution < 1.29 is 23.5 Å². The first-order valence-corrected chi connectivity index (χ1v) is 6.01. The molecule has 0 fully saturated rings. The molecule has 0 heterocycles. The van der Waals surface area contributed by atoms with E-state index < -0.39 is 30.3 Å². The van der Waals surface area contributed by atoms with Crippen LogP contribution in [0.1, 0.15) is 17.3 Å². The van der Waals surface area contributed by atoms with Crippen molar-refractivity contribution in [2.24, 2.45) is 0 Å². The van der Waals surface area contributed by atoms with E-state index in [9.17, 15) is 18.8 Å². The fraction of sp³-hybridized carbons (Fsp3) is 0.250. The maximum atomic E-state index is 13.4. The molecule has 0 unspecified atom stereocenters. The van der Waals surface area contributed by atoms with Crippen LogP contribution >= 0.6 is 11.6 Å². The Bertz CT molecular complexity index is 536. The molecule has 8 heteroatoms. The largest absolute Gasteiger partial charge is 0.452 e. The van der Waals surface area contributed by atoms with Crippen LogP contribution in [0.3, 0.4) is 0 Å². The molecule has 6 nitrogen and oxygen atoms in total. The number of imide groups is 1. The molecule has 0 saturated carbocycles. The van der Waals surface area contributed by atoms with Gasteiger partial charge < -0.3 is 10.1 Å². The second-order valence-electron chi connectivity index (χ2n) is 3.61. The predicted octanol–water partition coefficient (Wildman–Crippen LogP) is 1.48. The van der Waals surface area contributed by atoms with Crippen molar-refractivity contribution in [3.63, 3.8) is 0 Å². The van der Waals surface area contributed by atoms with Crippen molar-refractivity contribution in [3.8, 4) is 0 Å². The van der Waals surface area contributed by atoms with Crippen molar-refractivity contribution in [3.05, 3.63) is 34.6 Å². The Morgan fingerprint density at radius 2 is 2.05 bits per heavy atom. The van der Waals surface area contributed by atoms with E-state index in [4.69, 9.17) is 11.6 Å². The standard InChI is InChI=1S/C12H12ClFN2O4/c1-2-15-12(19)16-10(17)6-20-11(18)8-4-3-7(13)5-9(8)14/h3-5H,2,6H2,1H3,(H2,15,16,17,19). The van der Waals surface area contributed by atoms with Gasteiger partial charge in [-0.15, -0.1) is 0 Å². The molecule has 0 atom stereocenters. The van der Waals surface area contributed by atoms with Crippen LogP contribution in [0.25, 0.3) is 0 Å². The Kier molecular flexibility index (Phi) is 5.92. The van der Waals surface area contributed by atoms with Gasteiger partial charge in [-0.25, -0.2) is 14.0 Å². The number of urea groups is 1. The molecule has 0 spiro atoms. The zero-order valence-corrected chi connectivity index (χ0v) is 11.3. The van der Waals surface area contributed by atoms with E-state index >= 15 is 0 Å². The van der Waals surface area contributed by atoms with Crippen LogP contribution < -0.4 is 10.6 Å². The minimum Gasteiger partial charge on any atom is -0.452 e. The summed E-state index contributed by atoms with van der Waals surface area (Å²) in [7, 11) is 0. The smallest absolute Gasteiger partial charge is 0.341 e. The van der Waals surface area contributed by atoms with E-state index in [2.05, 4.69) is 10.1 Å². The van der Waals surface area contributed by atoms with Gasteiger partial charge in [0.05, 0.1) is 5.56 Å². The summed E-state index contributed by atoms with van der Waals surface area (Å²) in [6, 6.07) is 2.70. The van der Waals surface area contributed by atoms with Gasteiger partial charge in [0.1, 0.15) is 5.82 Å². The molecule has 0 aliphatic rings. The topological polar surface area (TPSA) is 84.5 Å². The molecule has 1 aromatic rings. The fourth-order valence-electron chi connectivity index (χ4n) is 1.23. The molecule has 1 rings (SSSR count). The lowest BCUT2D eigenvalue weighted by atomic mass is 10.2. The number of ether oxygens (including phenoxy) is 1. The molecule has 0 aliphatic carbocycles. The zero-order valence-electron chi connectivity index (χ0n) is 10.5. The molecule has 0 radical (unpaired) electrons. The van der Waals surface area contributed by atoms with Crippen molar-refractivity contribution in [2.45, 2.75) is 6.92 Å². The molecule has 0 saturated heterocycles. The second kappa shape index (κ2) is 7.44. The van der Waals surface area contributed by atoms with Gasteiger partial charge in [-0.3, -0.25) is 10.1 Å². The van der Waals surface area contributed by atoms with Crippen LogP contribution in [-0.2, 0) is 9.53 Å². The molecule has 0 bridgehead atoms. The number of hydrogen-bond acceptors (Lipinski definition) is 4. The zero-order chi connectivity index (χ0) is 15.1. The number of nitrogens with one attached hydrogen (secondary N) is 2. The van der Waals surface area contributed by atoms with Crippen LogP contribution in [0.15, 0.2) is 18.2 Å². The minimum atomic E-state index is -1.02. The maximum Gasteiger partial charge on any atom is 0.341 e. The highest BCUT2D eigenvalue weighted by Gasteiger charge is 2.15. The van der Waals surface area contributed by atoms with E-state index in [0.29, 0.717) is 6.54 Å². The summed E-state index contributed by atoms with van der Waals surface area (Å²) in [6.45, 7) is 1.32. The SMILES string of the molecule is CCNC(=O)NC(=O)COC(=O)c1ccc(Cl)cc1F. The van der Waals surface area contributed by atoms with Crippen molar-refractivity contribution >= 4 is 29.5 Å². The highest BCUT2D eigenvalue weighted by molar-refractivity contribution is 6.30. The van der Waals surface area contributed by atoms with Gasteiger partial charge in [0.25, 0.3) is 5.91 Å². The average Bonchev–Trinajstić information content (AvgIpc) is 2.36. The number of carbonyl (C=O) groups excluding carboxylic acids is 3. The quantitative estimate of drug-likeness (QED) is 0.825. The molecule has 108 valence electrons.